The van der Waals surface area contributed by atoms with E-state index < -0.39 is 16.0 Å². The van der Waals surface area contributed by atoms with Crippen molar-refractivity contribution in [2.24, 2.45) is 0 Å². The standard InChI is InChI=1S/C25H21NO5S/c1-31-20-12-14-21(15-13-20)32(29,30)26(17-18-7-3-2-4-8-18)23-16-11-19-9-5-6-10-22(19)24(23)25(27)28/h2-16H,17H2,1H3,(H,27,28). The molecule has 7 heteroatoms. The summed E-state index contributed by atoms with van der Waals surface area (Å²) in [5.41, 5.74) is 0.779. The fraction of sp³-hybridized carbons (Fsp3) is 0.0800. The molecule has 1 N–H and O–H groups in total. The van der Waals surface area contributed by atoms with Crippen molar-refractivity contribution in [2.45, 2.75) is 11.4 Å². The predicted molar refractivity (Wildman–Crippen MR) is 124 cm³/mol. The molecule has 32 heavy (non-hydrogen) atoms. The first-order valence-electron chi connectivity index (χ1n) is 9.87. The number of benzene rings is 4. The number of rotatable bonds is 7. The summed E-state index contributed by atoms with van der Waals surface area (Å²) in [6.45, 7) is -0.0200. The van der Waals surface area contributed by atoms with Crippen LogP contribution in [0, 0.1) is 0 Å². The van der Waals surface area contributed by atoms with Crippen LogP contribution < -0.4 is 9.04 Å². The number of carboxylic acids is 1. The quantitative estimate of drug-likeness (QED) is 0.434. The third-order valence-corrected chi connectivity index (χ3v) is 6.98. The third-order valence-electron chi connectivity index (χ3n) is 5.21. The Balaban J connectivity index is 1.94. The minimum atomic E-state index is -4.09. The number of sulfonamides is 1. The number of methoxy groups -OCH3 is 1. The molecule has 0 aliphatic heterocycles. The van der Waals surface area contributed by atoms with Gasteiger partial charge in [-0.3, -0.25) is 4.31 Å². The largest absolute Gasteiger partial charge is 0.497 e. The minimum absolute atomic E-state index is 0.0200. The average Bonchev–Trinajstić information content (AvgIpc) is 2.82. The van der Waals surface area contributed by atoms with Crippen molar-refractivity contribution in [1.29, 1.82) is 0 Å². The van der Waals surface area contributed by atoms with E-state index in [1.807, 2.05) is 24.3 Å². The highest BCUT2D eigenvalue weighted by Crippen LogP contribution is 2.34. The normalized spacial score (nSPS) is 11.3. The van der Waals surface area contributed by atoms with Crippen molar-refractivity contribution >= 4 is 32.5 Å². The second kappa shape index (κ2) is 8.72. The zero-order valence-electron chi connectivity index (χ0n) is 17.3. The fourth-order valence-corrected chi connectivity index (χ4v) is 5.08. The summed E-state index contributed by atoms with van der Waals surface area (Å²) in [7, 11) is -2.59. The lowest BCUT2D eigenvalue weighted by molar-refractivity contribution is 0.0700. The van der Waals surface area contributed by atoms with Gasteiger partial charge in [-0.25, -0.2) is 13.2 Å². The maximum Gasteiger partial charge on any atom is 0.338 e. The van der Waals surface area contributed by atoms with E-state index in [4.69, 9.17) is 4.74 Å². The summed E-state index contributed by atoms with van der Waals surface area (Å²) in [5.74, 6) is -0.671. The van der Waals surface area contributed by atoms with Crippen LogP contribution in [-0.2, 0) is 16.6 Å². The van der Waals surface area contributed by atoms with Gasteiger partial charge in [0.05, 0.1) is 29.8 Å². The topological polar surface area (TPSA) is 83.9 Å². The number of hydrogen-bond donors (Lipinski definition) is 1. The highest BCUT2D eigenvalue weighted by molar-refractivity contribution is 7.92. The second-order valence-electron chi connectivity index (χ2n) is 7.16. The van der Waals surface area contributed by atoms with Gasteiger partial charge >= 0.3 is 5.97 Å². The summed E-state index contributed by atoms with van der Waals surface area (Å²) in [6.07, 6.45) is 0. The van der Waals surface area contributed by atoms with Crippen LogP contribution in [0.3, 0.4) is 0 Å². The molecule has 0 aliphatic rings. The first-order chi connectivity index (χ1) is 15.4. The average molecular weight is 448 g/mol. The highest BCUT2D eigenvalue weighted by atomic mass is 32.2. The van der Waals surface area contributed by atoms with Crippen LogP contribution in [0.15, 0.2) is 95.9 Å². The zero-order valence-corrected chi connectivity index (χ0v) is 18.1. The van der Waals surface area contributed by atoms with E-state index in [1.54, 1.807) is 54.6 Å². The molecule has 4 rings (SSSR count). The van der Waals surface area contributed by atoms with Gasteiger partial charge in [0.1, 0.15) is 5.75 Å². The predicted octanol–water partition coefficient (Wildman–Crippen LogP) is 4.94. The number of carboxylic acid groups (broad SMARTS) is 1. The van der Waals surface area contributed by atoms with Gasteiger partial charge < -0.3 is 9.84 Å². The first kappa shape index (κ1) is 21.4. The molecule has 0 fully saturated rings. The lowest BCUT2D eigenvalue weighted by atomic mass is 10.0. The first-order valence-corrected chi connectivity index (χ1v) is 11.3. The molecule has 0 bridgehead atoms. The van der Waals surface area contributed by atoms with Crippen LogP contribution in [0.4, 0.5) is 5.69 Å². The van der Waals surface area contributed by atoms with Gasteiger partial charge in [0.2, 0.25) is 0 Å². The number of nitrogens with zero attached hydrogens (tertiary/aromatic N) is 1. The number of anilines is 1. The van der Waals surface area contributed by atoms with Crippen LogP contribution in [0.5, 0.6) is 5.75 Å². The summed E-state index contributed by atoms with van der Waals surface area (Å²) in [4.78, 5) is 12.3. The highest BCUT2D eigenvalue weighted by Gasteiger charge is 2.29. The Kier molecular flexibility index (Phi) is 5.83. The lowest BCUT2D eigenvalue weighted by Gasteiger charge is -2.27. The van der Waals surface area contributed by atoms with E-state index in [2.05, 4.69) is 0 Å². The Morgan fingerprint density at radius 2 is 1.53 bits per heavy atom. The molecule has 0 atom stereocenters. The SMILES string of the molecule is COc1ccc(S(=O)(=O)N(Cc2ccccc2)c2ccc3ccccc3c2C(=O)O)cc1. The molecular weight excluding hydrogens is 426 g/mol. The minimum Gasteiger partial charge on any atom is -0.497 e. The van der Waals surface area contributed by atoms with Gasteiger partial charge in [-0.05, 0) is 46.7 Å². The van der Waals surface area contributed by atoms with Gasteiger partial charge in [-0.15, -0.1) is 0 Å². The van der Waals surface area contributed by atoms with Crippen molar-refractivity contribution in [3.63, 3.8) is 0 Å². The van der Waals surface area contributed by atoms with Gasteiger partial charge in [0.15, 0.2) is 0 Å². The molecule has 4 aromatic rings. The Bertz CT molecular complexity index is 1370. The third kappa shape index (κ3) is 4.02. The molecule has 0 aliphatic carbocycles. The van der Waals surface area contributed by atoms with Gasteiger partial charge in [0, 0.05) is 0 Å². The van der Waals surface area contributed by atoms with Crippen molar-refractivity contribution < 1.29 is 23.1 Å². The van der Waals surface area contributed by atoms with E-state index in [-0.39, 0.29) is 22.7 Å². The number of hydrogen-bond acceptors (Lipinski definition) is 4. The van der Waals surface area contributed by atoms with E-state index in [1.165, 1.54) is 19.2 Å². The Morgan fingerprint density at radius 1 is 0.875 bits per heavy atom. The van der Waals surface area contributed by atoms with E-state index in [0.717, 1.165) is 15.3 Å². The molecule has 0 spiro atoms. The van der Waals surface area contributed by atoms with Gasteiger partial charge in [-0.1, -0.05) is 60.7 Å². The number of ether oxygens (including phenoxy) is 1. The van der Waals surface area contributed by atoms with Crippen molar-refractivity contribution in [3.05, 3.63) is 102 Å². The maximum atomic E-state index is 13.7. The molecule has 0 unspecified atom stereocenters. The molecular formula is C25H21NO5S. The molecule has 0 saturated heterocycles. The van der Waals surface area contributed by atoms with E-state index in [9.17, 15) is 18.3 Å². The molecule has 0 aromatic heterocycles. The van der Waals surface area contributed by atoms with Crippen molar-refractivity contribution in [1.82, 2.24) is 0 Å². The number of carbonyl (C=O) groups is 1. The van der Waals surface area contributed by atoms with Crippen molar-refractivity contribution in [2.75, 3.05) is 11.4 Å². The van der Waals surface area contributed by atoms with Crippen LogP contribution in [0.2, 0.25) is 0 Å². The molecule has 0 heterocycles. The van der Waals surface area contributed by atoms with Crippen LogP contribution in [0.1, 0.15) is 15.9 Å². The summed E-state index contributed by atoms with van der Waals surface area (Å²) in [6, 6.07) is 25.4. The van der Waals surface area contributed by atoms with E-state index >= 15 is 0 Å². The molecule has 4 aromatic carbocycles. The summed E-state index contributed by atoms with van der Waals surface area (Å²) >= 11 is 0. The monoisotopic (exact) mass is 447 g/mol. The number of aromatic carboxylic acids is 1. The smallest absolute Gasteiger partial charge is 0.338 e. The molecule has 0 radical (unpaired) electrons. The molecule has 0 saturated carbocycles. The van der Waals surface area contributed by atoms with Crippen molar-refractivity contribution in [3.8, 4) is 5.75 Å². The van der Waals surface area contributed by atoms with Crippen LogP contribution in [0.25, 0.3) is 10.8 Å². The zero-order chi connectivity index (χ0) is 22.7. The number of fused-ring (bicyclic) bond motifs is 1. The lowest BCUT2D eigenvalue weighted by Crippen LogP contribution is -2.32. The molecule has 6 nitrogen and oxygen atoms in total. The Hall–Kier alpha value is -3.84. The Labute approximate surface area is 186 Å². The van der Waals surface area contributed by atoms with Gasteiger partial charge in [-0.2, -0.15) is 0 Å². The maximum absolute atomic E-state index is 13.7. The summed E-state index contributed by atoms with van der Waals surface area (Å²) < 4.78 is 33.8. The Morgan fingerprint density at radius 3 is 2.19 bits per heavy atom. The van der Waals surface area contributed by atoms with E-state index in [0.29, 0.717) is 11.1 Å². The molecule has 162 valence electrons. The molecule has 0 amide bonds. The fourth-order valence-electron chi connectivity index (χ4n) is 3.62. The van der Waals surface area contributed by atoms with Crippen LogP contribution in [-0.4, -0.2) is 26.6 Å². The second-order valence-corrected chi connectivity index (χ2v) is 9.02. The van der Waals surface area contributed by atoms with Gasteiger partial charge in [0.25, 0.3) is 10.0 Å². The van der Waals surface area contributed by atoms with Crippen LogP contribution >= 0.6 is 0 Å². The summed E-state index contributed by atoms with van der Waals surface area (Å²) in [5, 5.41) is 11.2.